The van der Waals surface area contributed by atoms with E-state index in [1.54, 1.807) is 42.5 Å². The molecule has 0 saturated heterocycles. The van der Waals surface area contributed by atoms with E-state index in [1.165, 1.54) is 10.7 Å². The van der Waals surface area contributed by atoms with Crippen molar-refractivity contribution in [2.75, 3.05) is 11.9 Å². The van der Waals surface area contributed by atoms with Crippen LogP contribution in [0, 0.1) is 6.92 Å². The molecule has 0 aliphatic carbocycles. The third-order valence-corrected chi connectivity index (χ3v) is 5.39. The van der Waals surface area contributed by atoms with E-state index in [2.05, 4.69) is 20.4 Å². The standard InChI is InChI=1S/C26H21N5O4/c1-16-7-9-17(10-8-16)25-27-20-12-11-18(13-21(20)28-25)26(34)35-15-23(32)29-22-14-24(33)31(30-22)19-5-3-2-4-6-19/h2-14,30H,15H2,1H3,(H,27,28)(H,29,32). The number of nitrogens with one attached hydrogen (secondary N) is 3. The quantitative estimate of drug-likeness (QED) is 0.328. The molecule has 5 rings (SSSR count). The molecule has 0 saturated carbocycles. The van der Waals surface area contributed by atoms with Gasteiger partial charge in [-0.25, -0.2) is 14.5 Å². The van der Waals surface area contributed by atoms with Gasteiger partial charge in [-0.05, 0) is 37.3 Å². The summed E-state index contributed by atoms with van der Waals surface area (Å²) in [7, 11) is 0. The largest absolute Gasteiger partial charge is 0.452 e. The number of aryl methyl sites for hydroxylation is 1. The molecule has 3 N–H and O–H groups in total. The molecule has 0 fully saturated rings. The van der Waals surface area contributed by atoms with Gasteiger partial charge in [-0.2, -0.15) is 0 Å². The molecule has 2 aromatic heterocycles. The predicted octanol–water partition coefficient (Wildman–Crippen LogP) is 3.81. The summed E-state index contributed by atoms with van der Waals surface area (Å²) in [5.74, 6) is -0.336. The van der Waals surface area contributed by atoms with Crippen molar-refractivity contribution in [2.24, 2.45) is 0 Å². The highest BCUT2D eigenvalue weighted by Crippen LogP contribution is 2.22. The predicted molar refractivity (Wildman–Crippen MR) is 132 cm³/mol. The average Bonchev–Trinajstić information content (AvgIpc) is 3.46. The monoisotopic (exact) mass is 467 g/mol. The maximum atomic E-state index is 12.5. The fraction of sp³-hybridized carbons (Fsp3) is 0.0769. The van der Waals surface area contributed by atoms with Crippen molar-refractivity contribution in [3.63, 3.8) is 0 Å². The molecule has 174 valence electrons. The number of para-hydroxylation sites is 1. The van der Waals surface area contributed by atoms with Crippen LogP contribution in [-0.2, 0) is 9.53 Å². The molecular weight excluding hydrogens is 446 g/mol. The highest BCUT2D eigenvalue weighted by atomic mass is 16.5. The Morgan fingerprint density at radius 1 is 1.00 bits per heavy atom. The van der Waals surface area contributed by atoms with Gasteiger partial charge in [-0.1, -0.05) is 48.0 Å². The third kappa shape index (κ3) is 4.74. The Morgan fingerprint density at radius 3 is 2.54 bits per heavy atom. The SMILES string of the molecule is Cc1ccc(-c2nc3ccc(C(=O)OCC(=O)Nc4cc(=O)n(-c5ccccc5)[nH]4)cc3[nH]2)cc1. The Morgan fingerprint density at radius 2 is 1.77 bits per heavy atom. The first-order chi connectivity index (χ1) is 17.0. The number of nitrogens with zero attached hydrogens (tertiary/aromatic N) is 2. The fourth-order valence-corrected chi connectivity index (χ4v) is 3.61. The summed E-state index contributed by atoms with van der Waals surface area (Å²) in [5.41, 5.74) is 4.06. The van der Waals surface area contributed by atoms with Crippen molar-refractivity contribution in [3.8, 4) is 17.1 Å². The number of benzene rings is 3. The van der Waals surface area contributed by atoms with Crippen LogP contribution in [0.3, 0.4) is 0 Å². The van der Waals surface area contributed by atoms with Crippen LogP contribution < -0.4 is 10.9 Å². The second-order valence-corrected chi connectivity index (χ2v) is 7.99. The number of anilines is 1. The van der Waals surface area contributed by atoms with Gasteiger partial charge in [0.2, 0.25) is 0 Å². The Balaban J connectivity index is 1.23. The van der Waals surface area contributed by atoms with Gasteiger partial charge in [0.1, 0.15) is 11.6 Å². The van der Waals surface area contributed by atoms with Gasteiger partial charge in [0.25, 0.3) is 11.5 Å². The van der Waals surface area contributed by atoms with Crippen LogP contribution >= 0.6 is 0 Å². The van der Waals surface area contributed by atoms with Crippen molar-refractivity contribution >= 4 is 28.7 Å². The number of aromatic amines is 2. The number of carbonyl (C=O) groups excluding carboxylic acids is 2. The summed E-state index contributed by atoms with van der Waals surface area (Å²) in [6.07, 6.45) is 0. The summed E-state index contributed by atoms with van der Waals surface area (Å²) in [6.45, 7) is 1.51. The summed E-state index contributed by atoms with van der Waals surface area (Å²) in [4.78, 5) is 44.7. The van der Waals surface area contributed by atoms with Crippen molar-refractivity contribution in [1.29, 1.82) is 0 Å². The number of hydrogen-bond donors (Lipinski definition) is 3. The topological polar surface area (TPSA) is 122 Å². The summed E-state index contributed by atoms with van der Waals surface area (Å²) in [6, 6.07) is 23.1. The van der Waals surface area contributed by atoms with Gasteiger partial charge in [-0.15, -0.1) is 0 Å². The molecule has 9 nitrogen and oxygen atoms in total. The second-order valence-electron chi connectivity index (χ2n) is 7.99. The van der Waals surface area contributed by atoms with Crippen molar-refractivity contribution < 1.29 is 14.3 Å². The Bertz CT molecular complexity index is 1580. The lowest BCUT2D eigenvalue weighted by atomic mass is 10.1. The molecule has 0 atom stereocenters. The first-order valence-corrected chi connectivity index (χ1v) is 10.9. The highest BCUT2D eigenvalue weighted by Gasteiger charge is 2.14. The van der Waals surface area contributed by atoms with Crippen molar-refractivity contribution in [1.82, 2.24) is 19.7 Å². The molecule has 0 spiro atoms. The number of hydrogen-bond acceptors (Lipinski definition) is 5. The normalized spacial score (nSPS) is 10.9. The van der Waals surface area contributed by atoms with Crippen molar-refractivity contribution in [2.45, 2.75) is 6.92 Å². The number of aromatic nitrogens is 4. The van der Waals surface area contributed by atoms with E-state index in [1.807, 2.05) is 37.3 Å². The number of esters is 1. The molecular formula is C26H21N5O4. The van der Waals surface area contributed by atoms with E-state index in [-0.39, 0.29) is 16.9 Å². The number of H-pyrrole nitrogens is 2. The van der Waals surface area contributed by atoms with Crippen LogP contribution in [0.25, 0.3) is 28.1 Å². The van der Waals surface area contributed by atoms with E-state index in [4.69, 9.17) is 4.74 Å². The zero-order valence-electron chi connectivity index (χ0n) is 18.7. The first kappa shape index (κ1) is 21.9. The number of rotatable bonds is 6. The second kappa shape index (κ2) is 9.14. The summed E-state index contributed by atoms with van der Waals surface area (Å²) in [5, 5.41) is 5.33. The number of amides is 1. The zero-order valence-corrected chi connectivity index (χ0v) is 18.7. The Kier molecular flexibility index (Phi) is 5.72. The molecule has 2 heterocycles. The lowest BCUT2D eigenvalue weighted by Crippen LogP contribution is -2.21. The van der Waals surface area contributed by atoms with E-state index < -0.39 is 18.5 Å². The third-order valence-electron chi connectivity index (χ3n) is 5.39. The zero-order chi connectivity index (χ0) is 24.4. The summed E-state index contributed by atoms with van der Waals surface area (Å²) < 4.78 is 6.45. The van der Waals surface area contributed by atoms with E-state index in [9.17, 15) is 14.4 Å². The van der Waals surface area contributed by atoms with Gasteiger partial charge in [-0.3, -0.25) is 14.7 Å². The number of fused-ring (bicyclic) bond motifs is 1. The molecule has 5 aromatic rings. The van der Waals surface area contributed by atoms with E-state index in [0.717, 1.165) is 11.1 Å². The lowest BCUT2D eigenvalue weighted by Gasteiger charge is -2.06. The summed E-state index contributed by atoms with van der Waals surface area (Å²) >= 11 is 0. The molecule has 35 heavy (non-hydrogen) atoms. The van der Waals surface area contributed by atoms with Crippen LogP contribution in [0.2, 0.25) is 0 Å². The first-order valence-electron chi connectivity index (χ1n) is 10.9. The molecule has 0 unspecified atom stereocenters. The number of imidazole rings is 1. The number of carbonyl (C=O) groups is 2. The van der Waals surface area contributed by atoms with Crippen LogP contribution in [-0.4, -0.2) is 38.2 Å². The Labute approximate surface area is 199 Å². The molecule has 0 radical (unpaired) electrons. The lowest BCUT2D eigenvalue weighted by molar-refractivity contribution is -0.119. The minimum Gasteiger partial charge on any atom is -0.452 e. The average molecular weight is 467 g/mol. The van der Waals surface area contributed by atoms with Crippen LogP contribution in [0.15, 0.2) is 83.7 Å². The highest BCUT2D eigenvalue weighted by molar-refractivity contribution is 5.97. The smallest absolute Gasteiger partial charge is 0.338 e. The van der Waals surface area contributed by atoms with Crippen LogP contribution in [0.1, 0.15) is 15.9 Å². The van der Waals surface area contributed by atoms with Gasteiger partial charge in [0, 0.05) is 11.6 Å². The molecule has 3 aromatic carbocycles. The maximum absolute atomic E-state index is 12.5. The number of ether oxygens (including phenoxy) is 1. The van der Waals surface area contributed by atoms with Gasteiger partial charge < -0.3 is 15.0 Å². The van der Waals surface area contributed by atoms with Crippen LogP contribution in [0.4, 0.5) is 5.82 Å². The van der Waals surface area contributed by atoms with Gasteiger partial charge >= 0.3 is 5.97 Å². The molecule has 0 aliphatic rings. The van der Waals surface area contributed by atoms with E-state index in [0.29, 0.717) is 22.5 Å². The maximum Gasteiger partial charge on any atom is 0.338 e. The van der Waals surface area contributed by atoms with Gasteiger partial charge in [0.05, 0.1) is 22.3 Å². The Hall–Kier alpha value is -4.92. The van der Waals surface area contributed by atoms with Gasteiger partial charge in [0.15, 0.2) is 6.61 Å². The van der Waals surface area contributed by atoms with E-state index >= 15 is 0 Å². The minimum atomic E-state index is -0.649. The van der Waals surface area contributed by atoms with Crippen molar-refractivity contribution in [3.05, 3.63) is 100 Å². The minimum absolute atomic E-state index is 0.197. The molecule has 1 amide bonds. The van der Waals surface area contributed by atoms with Crippen LogP contribution in [0.5, 0.6) is 0 Å². The molecule has 0 bridgehead atoms. The molecule has 9 heteroatoms. The fourth-order valence-electron chi connectivity index (χ4n) is 3.61. The molecule has 0 aliphatic heterocycles.